The largest absolute Gasteiger partial charge is 1.00 e. The van der Waals surface area contributed by atoms with Crippen LogP contribution >= 0.6 is 12.5 Å². The van der Waals surface area contributed by atoms with Gasteiger partial charge in [0, 0.05) is 0 Å². The average molecular weight is 109 g/mol. The van der Waals surface area contributed by atoms with Gasteiger partial charge < -0.3 is 18.9 Å². The fourth-order valence-electron chi connectivity index (χ4n) is 0. The summed E-state index contributed by atoms with van der Waals surface area (Å²) in [6, 6.07) is 0. The first-order valence-electron chi connectivity index (χ1n) is 1.17. The normalized spacial score (nSPS) is 5.20. The molecule has 0 spiro atoms. The third-order valence-electron chi connectivity index (χ3n) is 0.149. The van der Waals surface area contributed by atoms with Gasteiger partial charge in [0.1, 0.15) is 0 Å². The van der Waals surface area contributed by atoms with Crippen molar-refractivity contribution in [3.8, 4) is 0 Å². The molecule has 3 radical (unpaired) electrons. The number of hydrogen-bond acceptors (Lipinski definition) is 1. The Morgan fingerprint density at radius 2 is 2.00 bits per heavy atom. The molecular weight excluding hydrogens is 105 g/mol. The molecule has 0 aromatic carbocycles. The molecule has 5 heavy (non-hydrogen) atoms. The van der Waals surface area contributed by atoms with Gasteiger partial charge in [0.25, 0.3) is 0 Å². The maximum absolute atomic E-state index is 3.74. The van der Waals surface area contributed by atoms with Crippen molar-refractivity contribution < 1.29 is 51.4 Å². The maximum Gasteiger partial charge on any atom is 1.00 e. The summed E-state index contributed by atoms with van der Waals surface area (Å²) in [7, 11) is 1.86. The number of thiol groups is 1. The number of hydrogen-bond donors (Lipinski definition) is 1. The van der Waals surface area contributed by atoms with Gasteiger partial charge in [-0.15, -0.1) is 6.82 Å². The van der Waals surface area contributed by atoms with Crippen LogP contribution in [-0.4, -0.2) is 13.6 Å². The van der Waals surface area contributed by atoms with Gasteiger partial charge in [-0.25, -0.2) is 0 Å². The fraction of sp³-hybridized carbons (Fsp3) is 1.00. The van der Waals surface area contributed by atoms with E-state index in [1.54, 1.807) is 6.45 Å². The molecule has 0 aromatic rings. The van der Waals surface area contributed by atoms with Gasteiger partial charge in [0.05, 0.1) is 0 Å². The fourth-order valence-corrected chi connectivity index (χ4v) is 0. The van der Waals surface area contributed by atoms with Crippen LogP contribution in [0.1, 0.15) is 0 Å². The molecule has 0 atom stereocenters. The molecule has 0 amide bonds. The molecular formula is CH4B2KS. The van der Waals surface area contributed by atoms with E-state index in [1.807, 2.05) is 14.0 Å². The first-order valence-corrected chi connectivity index (χ1v) is 1.69. The average Bonchev–Trinajstić information content (AvgIpc) is 1.37. The van der Waals surface area contributed by atoms with E-state index in [0.29, 0.717) is 0 Å². The Kier molecular flexibility index (Phi) is 19.2. The van der Waals surface area contributed by atoms with E-state index in [2.05, 4.69) is 12.5 Å². The third-order valence-corrected chi connectivity index (χ3v) is 0.447. The standard InChI is InChI=1S/CH4B2S.K/c1-2-3-4;/h4H,1H3;/q-1;+1. The van der Waals surface area contributed by atoms with Crippen molar-refractivity contribution in [2.45, 2.75) is 6.82 Å². The zero-order valence-corrected chi connectivity index (χ0v) is 7.62. The van der Waals surface area contributed by atoms with Crippen molar-refractivity contribution in [2.75, 3.05) is 0 Å². The SMILES string of the molecule is C[B][B-]S.[K+]. The molecule has 0 unspecified atom stereocenters. The molecule has 0 aliphatic carbocycles. The van der Waals surface area contributed by atoms with Crippen molar-refractivity contribution in [2.24, 2.45) is 0 Å². The molecule has 4 heteroatoms. The van der Waals surface area contributed by atoms with Crippen molar-refractivity contribution in [1.29, 1.82) is 0 Å². The van der Waals surface area contributed by atoms with E-state index in [0.717, 1.165) is 0 Å². The molecule has 0 fully saturated rings. The van der Waals surface area contributed by atoms with E-state index >= 15 is 0 Å². The van der Waals surface area contributed by atoms with Crippen LogP contribution in [0.3, 0.4) is 0 Å². The monoisotopic (exact) mass is 109 g/mol. The van der Waals surface area contributed by atoms with Crippen LogP contribution in [-0.2, 0) is 0 Å². The first kappa shape index (κ1) is 10.2. The minimum absolute atomic E-state index is 0. The molecule has 0 aliphatic heterocycles. The van der Waals surface area contributed by atoms with E-state index in [-0.39, 0.29) is 51.4 Å². The molecule has 0 N–H and O–H groups in total. The van der Waals surface area contributed by atoms with Gasteiger partial charge in [0.2, 0.25) is 0 Å². The Labute approximate surface area is 82.7 Å². The van der Waals surface area contributed by atoms with E-state index in [9.17, 15) is 0 Å². The summed E-state index contributed by atoms with van der Waals surface area (Å²) < 4.78 is 0. The molecule has 0 heterocycles. The zero-order chi connectivity index (χ0) is 3.41. The van der Waals surface area contributed by atoms with Gasteiger partial charge in [-0.05, 0) is 0 Å². The smallest absolute Gasteiger partial charge is 0.478 e. The van der Waals surface area contributed by atoms with Crippen LogP contribution in [0.2, 0.25) is 6.82 Å². The van der Waals surface area contributed by atoms with Gasteiger partial charge in [-0.1, -0.05) is 0 Å². The number of rotatable bonds is 1. The van der Waals surface area contributed by atoms with E-state index in [1.165, 1.54) is 0 Å². The Morgan fingerprint density at radius 3 is 2.00 bits per heavy atom. The van der Waals surface area contributed by atoms with Gasteiger partial charge in [-0.3, -0.25) is 0 Å². The van der Waals surface area contributed by atoms with Crippen LogP contribution < -0.4 is 51.4 Å². The van der Waals surface area contributed by atoms with Crippen molar-refractivity contribution in [1.82, 2.24) is 0 Å². The molecule has 0 saturated carbocycles. The molecule has 0 aromatic heterocycles. The molecule has 0 bridgehead atoms. The van der Waals surface area contributed by atoms with Gasteiger partial charge in [-0.2, -0.15) is 7.17 Å². The predicted octanol–water partition coefficient (Wildman–Crippen LogP) is -2.79. The van der Waals surface area contributed by atoms with Crippen LogP contribution in [0.25, 0.3) is 0 Å². The molecule has 0 nitrogen and oxygen atoms in total. The first-order chi connectivity index (χ1) is 1.91. The quantitative estimate of drug-likeness (QED) is 0.273. The summed E-state index contributed by atoms with van der Waals surface area (Å²) in [5, 5.41) is 0. The van der Waals surface area contributed by atoms with Gasteiger partial charge in [0.15, 0.2) is 0 Å². The summed E-state index contributed by atoms with van der Waals surface area (Å²) in [6.45, 7) is 1.92. The van der Waals surface area contributed by atoms with Crippen LogP contribution in [0.5, 0.6) is 0 Å². The van der Waals surface area contributed by atoms with Gasteiger partial charge >= 0.3 is 51.4 Å². The van der Waals surface area contributed by atoms with Crippen LogP contribution in [0.4, 0.5) is 0 Å². The minimum atomic E-state index is 0. The predicted molar refractivity (Wildman–Crippen MR) is 26.4 cm³/mol. The van der Waals surface area contributed by atoms with E-state index in [4.69, 9.17) is 0 Å². The summed E-state index contributed by atoms with van der Waals surface area (Å²) in [5.41, 5.74) is 0. The van der Waals surface area contributed by atoms with Crippen LogP contribution in [0, 0.1) is 0 Å². The maximum atomic E-state index is 3.74. The Morgan fingerprint density at radius 1 is 1.80 bits per heavy atom. The molecule has 21 valence electrons. The van der Waals surface area contributed by atoms with Crippen molar-refractivity contribution in [3.05, 3.63) is 0 Å². The summed E-state index contributed by atoms with van der Waals surface area (Å²) in [4.78, 5) is 0. The Bertz CT molecular complexity index is 11.6. The second-order valence-corrected chi connectivity index (χ2v) is 0.781. The second-order valence-electron chi connectivity index (χ2n) is 0.482. The molecule has 0 saturated heterocycles. The topological polar surface area (TPSA) is 0 Å². The molecule has 0 rings (SSSR count). The Hall–Kier alpha value is 2.12. The molecule has 0 aliphatic rings. The van der Waals surface area contributed by atoms with Crippen LogP contribution in [0.15, 0.2) is 0 Å². The zero-order valence-electron chi connectivity index (χ0n) is 3.60. The van der Waals surface area contributed by atoms with Crippen molar-refractivity contribution >= 4 is 26.1 Å². The summed E-state index contributed by atoms with van der Waals surface area (Å²) in [6.07, 6.45) is 1.69. The van der Waals surface area contributed by atoms with E-state index < -0.39 is 0 Å². The minimum Gasteiger partial charge on any atom is -0.478 e. The Balaban J connectivity index is 0. The van der Waals surface area contributed by atoms with Crippen molar-refractivity contribution in [3.63, 3.8) is 0 Å². The second kappa shape index (κ2) is 9.45. The summed E-state index contributed by atoms with van der Waals surface area (Å²) >= 11 is 3.74. The third kappa shape index (κ3) is 10.7. The summed E-state index contributed by atoms with van der Waals surface area (Å²) in [5.74, 6) is 0.